The van der Waals surface area contributed by atoms with Crippen molar-refractivity contribution in [2.24, 2.45) is 0 Å². The van der Waals surface area contributed by atoms with E-state index >= 15 is 0 Å². The molecular weight excluding hydrogens is 374 g/mol. The first-order chi connectivity index (χ1) is 12.5. The van der Waals surface area contributed by atoms with Crippen LogP contribution in [0.1, 0.15) is 39.0 Å². The highest BCUT2D eigenvalue weighted by molar-refractivity contribution is 7.99. The number of nitrogens with one attached hydrogen (secondary N) is 1. The number of hydrogen-bond donors (Lipinski definition) is 1. The SMILES string of the molecule is CCOC(=O)c1c(C)[nH]c(C)c1C(=O)CSc1nnc(-c2cccs2)o1. The lowest BCUT2D eigenvalue weighted by Gasteiger charge is -2.05. The third-order valence-electron chi connectivity index (χ3n) is 3.60. The fourth-order valence-electron chi connectivity index (χ4n) is 2.56. The largest absolute Gasteiger partial charge is 0.462 e. The van der Waals surface area contributed by atoms with Crippen LogP contribution in [0.3, 0.4) is 0 Å². The van der Waals surface area contributed by atoms with Gasteiger partial charge < -0.3 is 14.1 Å². The van der Waals surface area contributed by atoms with Gasteiger partial charge in [-0.3, -0.25) is 4.79 Å². The normalized spacial score (nSPS) is 10.9. The van der Waals surface area contributed by atoms with Crippen LogP contribution in [0.15, 0.2) is 27.2 Å². The van der Waals surface area contributed by atoms with Gasteiger partial charge in [-0.15, -0.1) is 21.5 Å². The lowest BCUT2D eigenvalue weighted by atomic mass is 10.1. The first-order valence-corrected chi connectivity index (χ1v) is 9.77. The molecule has 1 N–H and O–H groups in total. The number of rotatable bonds is 7. The zero-order chi connectivity index (χ0) is 18.7. The highest BCUT2D eigenvalue weighted by Crippen LogP contribution is 2.28. The molecule has 0 radical (unpaired) electrons. The molecule has 0 atom stereocenters. The van der Waals surface area contributed by atoms with E-state index in [0.29, 0.717) is 33.6 Å². The summed E-state index contributed by atoms with van der Waals surface area (Å²) in [5, 5.41) is 10.2. The van der Waals surface area contributed by atoms with E-state index in [1.165, 1.54) is 11.3 Å². The Kier molecular flexibility index (Phi) is 5.58. The van der Waals surface area contributed by atoms with Crippen molar-refractivity contribution in [2.75, 3.05) is 12.4 Å². The van der Waals surface area contributed by atoms with Crippen molar-refractivity contribution >= 4 is 34.9 Å². The molecule has 136 valence electrons. The van der Waals surface area contributed by atoms with Crippen LogP contribution < -0.4 is 0 Å². The number of esters is 1. The highest BCUT2D eigenvalue weighted by Gasteiger charge is 2.25. The molecule has 0 unspecified atom stereocenters. The molecule has 9 heteroatoms. The number of thiophene rings is 1. The molecule has 0 saturated carbocycles. The van der Waals surface area contributed by atoms with Crippen molar-refractivity contribution in [3.05, 3.63) is 40.0 Å². The van der Waals surface area contributed by atoms with Gasteiger partial charge in [0.15, 0.2) is 5.78 Å². The molecule has 0 aliphatic heterocycles. The molecule has 7 nitrogen and oxygen atoms in total. The summed E-state index contributed by atoms with van der Waals surface area (Å²) >= 11 is 2.64. The van der Waals surface area contributed by atoms with Crippen LogP contribution >= 0.6 is 23.1 Å². The fourth-order valence-corrected chi connectivity index (χ4v) is 3.84. The summed E-state index contributed by atoms with van der Waals surface area (Å²) < 4.78 is 10.6. The second-order valence-electron chi connectivity index (χ2n) is 5.41. The number of aryl methyl sites for hydroxylation is 2. The number of aromatic nitrogens is 3. The number of Topliss-reactive ketones (excluding diaryl/α,β-unsaturated/α-hetero) is 1. The summed E-state index contributed by atoms with van der Waals surface area (Å²) in [4.78, 5) is 28.8. The Morgan fingerprint density at radius 3 is 2.73 bits per heavy atom. The highest BCUT2D eigenvalue weighted by atomic mass is 32.2. The average molecular weight is 391 g/mol. The second-order valence-corrected chi connectivity index (χ2v) is 7.28. The Morgan fingerprint density at radius 2 is 2.04 bits per heavy atom. The molecule has 0 aromatic carbocycles. The minimum Gasteiger partial charge on any atom is -0.462 e. The second kappa shape index (κ2) is 7.88. The van der Waals surface area contributed by atoms with Crippen molar-refractivity contribution in [2.45, 2.75) is 26.0 Å². The van der Waals surface area contributed by atoms with E-state index in [-0.39, 0.29) is 18.1 Å². The molecule has 26 heavy (non-hydrogen) atoms. The number of nitrogens with zero attached hydrogens (tertiary/aromatic N) is 2. The third kappa shape index (κ3) is 3.73. The number of ether oxygens (including phenoxy) is 1. The van der Waals surface area contributed by atoms with E-state index in [0.717, 1.165) is 16.6 Å². The Morgan fingerprint density at radius 1 is 1.27 bits per heavy atom. The molecule has 0 saturated heterocycles. The van der Waals surface area contributed by atoms with Crippen LogP contribution in [-0.4, -0.2) is 39.3 Å². The summed E-state index contributed by atoms with van der Waals surface area (Å²) in [6.07, 6.45) is 0. The maximum Gasteiger partial charge on any atom is 0.340 e. The molecule has 0 aliphatic rings. The lowest BCUT2D eigenvalue weighted by Crippen LogP contribution is -2.13. The lowest BCUT2D eigenvalue weighted by molar-refractivity contribution is 0.0522. The van der Waals surface area contributed by atoms with E-state index in [1.807, 2.05) is 17.5 Å². The van der Waals surface area contributed by atoms with Crippen molar-refractivity contribution in [1.29, 1.82) is 0 Å². The zero-order valence-electron chi connectivity index (χ0n) is 14.5. The number of H-pyrrole nitrogens is 1. The Labute approximate surface area is 158 Å². The number of ketones is 1. The topological polar surface area (TPSA) is 98.1 Å². The van der Waals surface area contributed by atoms with Gasteiger partial charge in [0.25, 0.3) is 11.1 Å². The van der Waals surface area contributed by atoms with E-state index in [4.69, 9.17) is 9.15 Å². The molecule has 3 heterocycles. The Bertz CT molecular complexity index is 928. The van der Waals surface area contributed by atoms with Crippen LogP contribution in [-0.2, 0) is 4.74 Å². The first-order valence-electron chi connectivity index (χ1n) is 7.91. The molecular formula is C17H17N3O4S2. The van der Waals surface area contributed by atoms with Crippen LogP contribution in [0.2, 0.25) is 0 Å². The average Bonchev–Trinajstić information content (AvgIpc) is 3.32. The van der Waals surface area contributed by atoms with Gasteiger partial charge in [-0.25, -0.2) is 4.79 Å². The molecule has 0 fully saturated rings. The van der Waals surface area contributed by atoms with Crippen molar-refractivity contribution in [3.8, 4) is 10.8 Å². The van der Waals surface area contributed by atoms with Gasteiger partial charge >= 0.3 is 5.97 Å². The molecule has 3 rings (SSSR count). The monoisotopic (exact) mass is 391 g/mol. The third-order valence-corrected chi connectivity index (χ3v) is 5.27. The molecule has 0 aliphatic carbocycles. The van der Waals surface area contributed by atoms with E-state index in [9.17, 15) is 9.59 Å². The van der Waals surface area contributed by atoms with Crippen LogP contribution in [0, 0.1) is 13.8 Å². The Balaban J connectivity index is 1.74. The minimum absolute atomic E-state index is 0.0800. The van der Waals surface area contributed by atoms with Crippen molar-refractivity contribution in [1.82, 2.24) is 15.2 Å². The summed E-state index contributed by atoms with van der Waals surface area (Å²) in [6.45, 7) is 5.48. The van der Waals surface area contributed by atoms with Crippen LogP contribution in [0.25, 0.3) is 10.8 Å². The maximum atomic E-state index is 12.7. The maximum absolute atomic E-state index is 12.7. The smallest absolute Gasteiger partial charge is 0.340 e. The van der Waals surface area contributed by atoms with Gasteiger partial charge in [-0.05, 0) is 32.2 Å². The fraction of sp³-hybridized carbons (Fsp3) is 0.294. The quantitative estimate of drug-likeness (QED) is 0.370. The number of carbonyl (C=O) groups excluding carboxylic acids is 2. The Hall–Kier alpha value is -2.39. The van der Waals surface area contributed by atoms with Gasteiger partial charge in [-0.1, -0.05) is 17.8 Å². The summed E-state index contributed by atoms with van der Waals surface area (Å²) in [6, 6.07) is 3.78. The van der Waals surface area contributed by atoms with Gasteiger partial charge in [0.1, 0.15) is 0 Å². The number of carbonyl (C=O) groups is 2. The predicted molar refractivity (Wildman–Crippen MR) is 98.9 cm³/mol. The van der Waals surface area contributed by atoms with Crippen LogP contribution in [0.5, 0.6) is 0 Å². The molecule has 0 amide bonds. The van der Waals surface area contributed by atoms with Gasteiger partial charge in [-0.2, -0.15) is 0 Å². The zero-order valence-corrected chi connectivity index (χ0v) is 16.1. The number of hydrogen-bond acceptors (Lipinski definition) is 8. The molecule has 0 bridgehead atoms. The van der Waals surface area contributed by atoms with Crippen LogP contribution in [0.4, 0.5) is 0 Å². The standard InChI is InChI=1S/C17H17N3O4S2/c1-4-23-16(22)14-10(3)18-9(2)13(14)11(21)8-26-17-20-19-15(24-17)12-6-5-7-25-12/h5-7,18H,4,8H2,1-3H3. The van der Waals surface area contributed by atoms with Gasteiger partial charge in [0, 0.05) is 11.4 Å². The molecule has 3 aromatic heterocycles. The number of aromatic amines is 1. The van der Waals surface area contributed by atoms with E-state index in [1.54, 1.807) is 20.8 Å². The van der Waals surface area contributed by atoms with Crippen molar-refractivity contribution < 1.29 is 18.7 Å². The van der Waals surface area contributed by atoms with Gasteiger partial charge in [0.05, 0.1) is 28.4 Å². The van der Waals surface area contributed by atoms with E-state index < -0.39 is 5.97 Å². The molecule has 0 spiro atoms. The summed E-state index contributed by atoms with van der Waals surface area (Å²) in [5.74, 6) is -0.191. The minimum atomic E-state index is -0.500. The predicted octanol–water partition coefficient (Wildman–Crippen LogP) is 3.89. The summed E-state index contributed by atoms with van der Waals surface area (Å²) in [7, 11) is 0. The van der Waals surface area contributed by atoms with Gasteiger partial charge in [0.2, 0.25) is 0 Å². The van der Waals surface area contributed by atoms with Crippen molar-refractivity contribution in [3.63, 3.8) is 0 Å². The number of thioether (sulfide) groups is 1. The summed E-state index contributed by atoms with van der Waals surface area (Å²) in [5.41, 5.74) is 1.90. The van der Waals surface area contributed by atoms with E-state index in [2.05, 4.69) is 15.2 Å². The molecule has 3 aromatic rings. The first kappa shape index (κ1) is 18.4.